The third-order valence-corrected chi connectivity index (χ3v) is 3.23. The minimum absolute atomic E-state index is 0.107. The molecule has 116 valence electrons. The Morgan fingerprint density at radius 2 is 2.00 bits per heavy atom. The summed E-state index contributed by atoms with van der Waals surface area (Å²) >= 11 is 0. The van der Waals surface area contributed by atoms with Crippen molar-refractivity contribution in [3.63, 3.8) is 0 Å². The summed E-state index contributed by atoms with van der Waals surface area (Å²) in [4.78, 5) is 20.9. The molecule has 0 radical (unpaired) electrons. The maximum Gasteiger partial charge on any atom is 0.353 e. The van der Waals surface area contributed by atoms with E-state index in [-0.39, 0.29) is 11.5 Å². The zero-order chi connectivity index (χ0) is 15.9. The molecule has 1 aromatic heterocycles. The quantitative estimate of drug-likeness (QED) is 0.623. The molecule has 0 bridgehead atoms. The summed E-state index contributed by atoms with van der Waals surface area (Å²) in [5.74, 6) is 0.524. The Kier molecular flexibility index (Phi) is 5.24. The lowest BCUT2D eigenvalue weighted by atomic mass is 10.3. The highest BCUT2D eigenvalue weighted by molar-refractivity contribution is 5.74. The molecule has 0 unspecified atom stereocenters. The van der Waals surface area contributed by atoms with Crippen molar-refractivity contribution >= 4 is 23.0 Å². The summed E-state index contributed by atoms with van der Waals surface area (Å²) in [7, 11) is 1.80. The molecule has 0 saturated heterocycles. The van der Waals surface area contributed by atoms with Gasteiger partial charge in [-0.25, -0.2) is 9.97 Å². The van der Waals surface area contributed by atoms with Crippen LogP contribution >= 0.6 is 0 Å². The Bertz CT molecular complexity index is 633. The van der Waals surface area contributed by atoms with Crippen molar-refractivity contribution in [1.29, 1.82) is 0 Å². The van der Waals surface area contributed by atoms with E-state index in [1.165, 1.54) is 6.33 Å². The third kappa shape index (κ3) is 3.69. The van der Waals surface area contributed by atoms with Crippen LogP contribution in [-0.4, -0.2) is 28.5 Å². The van der Waals surface area contributed by atoms with Crippen LogP contribution in [0.3, 0.4) is 0 Å². The van der Waals surface area contributed by atoms with Crippen molar-refractivity contribution in [3.05, 3.63) is 46.8 Å². The van der Waals surface area contributed by atoms with Crippen LogP contribution in [0.5, 0.6) is 0 Å². The molecule has 0 amide bonds. The van der Waals surface area contributed by atoms with E-state index in [2.05, 4.69) is 22.2 Å². The summed E-state index contributed by atoms with van der Waals surface area (Å²) in [6.07, 6.45) is 3.30. The fourth-order valence-electron chi connectivity index (χ4n) is 2.07. The minimum Gasteiger partial charge on any atom is -0.354 e. The Balaban J connectivity index is 2.36. The SMILES string of the molecule is CCCCN(C)c1ncnc(Nc2ccccc2)c1[N+](=O)[O-]. The van der Waals surface area contributed by atoms with Crippen molar-refractivity contribution in [2.75, 3.05) is 23.8 Å². The van der Waals surface area contributed by atoms with Gasteiger partial charge in [-0.15, -0.1) is 0 Å². The van der Waals surface area contributed by atoms with E-state index in [0.29, 0.717) is 12.4 Å². The second kappa shape index (κ2) is 7.35. The Morgan fingerprint density at radius 3 is 2.64 bits per heavy atom. The first kappa shape index (κ1) is 15.7. The minimum atomic E-state index is -0.441. The molecular weight excluding hydrogens is 282 g/mol. The van der Waals surface area contributed by atoms with E-state index in [1.807, 2.05) is 30.3 Å². The maximum atomic E-state index is 11.5. The molecule has 2 rings (SSSR count). The smallest absolute Gasteiger partial charge is 0.353 e. The number of nitrogens with zero attached hydrogens (tertiary/aromatic N) is 4. The number of para-hydroxylation sites is 1. The van der Waals surface area contributed by atoms with Crippen LogP contribution in [0.1, 0.15) is 19.8 Å². The molecule has 0 fully saturated rings. The van der Waals surface area contributed by atoms with E-state index in [9.17, 15) is 10.1 Å². The summed E-state index contributed by atoms with van der Waals surface area (Å²) in [6.45, 7) is 2.78. The standard InChI is InChI=1S/C15H19N5O2/c1-3-4-10-19(2)15-13(20(21)22)14(16-11-17-15)18-12-8-6-5-7-9-12/h5-9,11H,3-4,10H2,1-2H3,(H,16,17,18). The first-order valence-electron chi connectivity index (χ1n) is 7.16. The van der Waals surface area contributed by atoms with Gasteiger partial charge in [0.05, 0.1) is 4.92 Å². The fourth-order valence-corrected chi connectivity index (χ4v) is 2.07. The van der Waals surface area contributed by atoms with Gasteiger partial charge in [0.1, 0.15) is 6.33 Å². The van der Waals surface area contributed by atoms with Gasteiger partial charge >= 0.3 is 5.69 Å². The lowest BCUT2D eigenvalue weighted by molar-refractivity contribution is -0.383. The zero-order valence-electron chi connectivity index (χ0n) is 12.7. The second-order valence-corrected chi connectivity index (χ2v) is 4.92. The van der Waals surface area contributed by atoms with Gasteiger partial charge < -0.3 is 10.2 Å². The molecule has 1 heterocycles. The topological polar surface area (TPSA) is 84.2 Å². The number of aromatic nitrogens is 2. The number of hydrogen-bond acceptors (Lipinski definition) is 6. The highest BCUT2D eigenvalue weighted by atomic mass is 16.6. The van der Waals surface area contributed by atoms with Crippen molar-refractivity contribution < 1.29 is 4.92 Å². The van der Waals surface area contributed by atoms with Crippen LogP contribution in [0.25, 0.3) is 0 Å². The summed E-state index contributed by atoms with van der Waals surface area (Å²) < 4.78 is 0. The lowest BCUT2D eigenvalue weighted by Crippen LogP contribution is -2.21. The van der Waals surface area contributed by atoms with Gasteiger partial charge in [-0.3, -0.25) is 10.1 Å². The van der Waals surface area contributed by atoms with Crippen LogP contribution in [0.15, 0.2) is 36.7 Å². The molecule has 2 aromatic rings. The summed E-state index contributed by atoms with van der Waals surface area (Å²) in [5, 5.41) is 14.5. The van der Waals surface area contributed by atoms with Crippen molar-refractivity contribution in [3.8, 4) is 0 Å². The van der Waals surface area contributed by atoms with Crippen LogP contribution in [0.4, 0.5) is 23.0 Å². The molecule has 22 heavy (non-hydrogen) atoms. The first-order chi connectivity index (χ1) is 10.6. The van der Waals surface area contributed by atoms with Gasteiger partial charge in [-0.05, 0) is 18.6 Å². The zero-order valence-corrected chi connectivity index (χ0v) is 12.7. The number of rotatable bonds is 7. The normalized spacial score (nSPS) is 10.3. The van der Waals surface area contributed by atoms with Crippen LogP contribution < -0.4 is 10.2 Å². The largest absolute Gasteiger partial charge is 0.354 e. The number of nitro groups is 1. The van der Waals surface area contributed by atoms with E-state index < -0.39 is 4.92 Å². The molecule has 0 saturated carbocycles. The van der Waals surface area contributed by atoms with Crippen LogP contribution in [0, 0.1) is 10.1 Å². The van der Waals surface area contributed by atoms with Crippen molar-refractivity contribution in [2.45, 2.75) is 19.8 Å². The molecule has 0 spiro atoms. The van der Waals surface area contributed by atoms with E-state index in [1.54, 1.807) is 11.9 Å². The molecule has 7 heteroatoms. The molecule has 7 nitrogen and oxygen atoms in total. The van der Waals surface area contributed by atoms with Gasteiger partial charge in [0.15, 0.2) is 0 Å². The molecule has 1 aromatic carbocycles. The van der Waals surface area contributed by atoms with Crippen molar-refractivity contribution in [1.82, 2.24) is 9.97 Å². The van der Waals surface area contributed by atoms with Gasteiger partial charge in [0, 0.05) is 19.3 Å². The van der Waals surface area contributed by atoms with Gasteiger partial charge in [0.25, 0.3) is 0 Å². The first-order valence-corrected chi connectivity index (χ1v) is 7.16. The predicted molar refractivity (Wildman–Crippen MR) is 86.6 cm³/mol. The molecular formula is C15H19N5O2. The second-order valence-electron chi connectivity index (χ2n) is 4.92. The number of hydrogen-bond donors (Lipinski definition) is 1. The highest BCUT2D eigenvalue weighted by Crippen LogP contribution is 2.32. The molecule has 0 aliphatic carbocycles. The Labute approximate surface area is 129 Å². The Hall–Kier alpha value is -2.70. The number of anilines is 3. The average molecular weight is 301 g/mol. The summed E-state index contributed by atoms with van der Waals surface area (Å²) in [6, 6.07) is 9.23. The van der Waals surface area contributed by atoms with Gasteiger partial charge in [-0.1, -0.05) is 31.5 Å². The third-order valence-electron chi connectivity index (χ3n) is 3.23. The van der Waals surface area contributed by atoms with E-state index in [4.69, 9.17) is 0 Å². The monoisotopic (exact) mass is 301 g/mol. The van der Waals surface area contributed by atoms with E-state index >= 15 is 0 Å². The molecule has 1 N–H and O–H groups in total. The van der Waals surface area contributed by atoms with E-state index in [0.717, 1.165) is 18.5 Å². The maximum absolute atomic E-state index is 11.5. The number of nitrogens with one attached hydrogen (secondary N) is 1. The number of unbranched alkanes of at least 4 members (excludes halogenated alkanes) is 1. The molecule has 0 aliphatic rings. The molecule has 0 atom stereocenters. The van der Waals surface area contributed by atoms with Crippen LogP contribution in [0.2, 0.25) is 0 Å². The summed E-state index contributed by atoms with van der Waals surface area (Å²) in [5.41, 5.74) is 0.636. The van der Waals surface area contributed by atoms with Crippen LogP contribution in [-0.2, 0) is 0 Å². The number of benzene rings is 1. The fraction of sp³-hybridized carbons (Fsp3) is 0.333. The predicted octanol–water partition coefficient (Wildman–Crippen LogP) is 3.36. The average Bonchev–Trinajstić information content (AvgIpc) is 2.53. The highest BCUT2D eigenvalue weighted by Gasteiger charge is 2.25. The van der Waals surface area contributed by atoms with Crippen molar-refractivity contribution in [2.24, 2.45) is 0 Å². The Morgan fingerprint density at radius 1 is 1.27 bits per heavy atom. The van der Waals surface area contributed by atoms with Gasteiger partial charge in [0.2, 0.25) is 11.6 Å². The molecule has 0 aliphatic heterocycles. The lowest BCUT2D eigenvalue weighted by Gasteiger charge is -2.18. The van der Waals surface area contributed by atoms with Gasteiger partial charge in [-0.2, -0.15) is 0 Å².